The van der Waals surface area contributed by atoms with Crippen LogP contribution in [0, 0.1) is 5.92 Å². The molecule has 1 aromatic carbocycles. The summed E-state index contributed by atoms with van der Waals surface area (Å²) in [6, 6.07) is 7.44. The van der Waals surface area contributed by atoms with Gasteiger partial charge in [-0.25, -0.2) is 4.79 Å². The van der Waals surface area contributed by atoms with Crippen LogP contribution in [0.3, 0.4) is 0 Å². The Morgan fingerprint density at radius 1 is 1.17 bits per heavy atom. The zero-order valence-corrected chi connectivity index (χ0v) is 14.0. The molecule has 1 aromatic rings. The van der Waals surface area contributed by atoms with Gasteiger partial charge in [-0.1, -0.05) is 12.1 Å². The van der Waals surface area contributed by atoms with Gasteiger partial charge in [0.1, 0.15) is 5.60 Å². The predicted octanol–water partition coefficient (Wildman–Crippen LogP) is 2.94. The van der Waals surface area contributed by atoms with Crippen LogP contribution in [-0.2, 0) is 16.1 Å². The molecule has 23 heavy (non-hydrogen) atoms. The van der Waals surface area contributed by atoms with Crippen molar-refractivity contribution in [1.29, 1.82) is 0 Å². The van der Waals surface area contributed by atoms with Gasteiger partial charge in [-0.15, -0.1) is 0 Å². The lowest BCUT2D eigenvalue weighted by Crippen LogP contribution is -2.35. The van der Waals surface area contributed by atoms with Crippen molar-refractivity contribution < 1.29 is 19.4 Å². The molecule has 0 spiro atoms. The van der Waals surface area contributed by atoms with E-state index in [2.05, 4.69) is 4.90 Å². The van der Waals surface area contributed by atoms with E-state index in [0.29, 0.717) is 18.4 Å². The highest BCUT2D eigenvalue weighted by atomic mass is 16.6. The first-order valence-electron chi connectivity index (χ1n) is 8.02. The van der Waals surface area contributed by atoms with Crippen LogP contribution in [0.5, 0.6) is 0 Å². The highest BCUT2D eigenvalue weighted by Crippen LogP contribution is 2.19. The number of hydrogen-bond acceptors (Lipinski definition) is 4. The van der Waals surface area contributed by atoms with E-state index in [-0.39, 0.29) is 11.9 Å². The van der Waals surface area contributed by atoms with Crippen molar-refractivity contribution >= 4 is 11.9 Å². The summed E-state index contributed by atoms with van der Waals surface area (Å²) in [4.78, 5) is 25.2. The number of piperidine rings is 1. The number of nitrogens with zero attached hydrogens (tertiary/aromatic N) is 1. The second kappa shape index (κ2) is 7.13. The minimum Gasteiger partial charge on any atom is -0.481 e. The van der Waals surface area contributed by atoms with Crippen molar-refractivity contribution in [2.75, 3.05) is 13.1 Å². The Bertz CT molecular complexity index is 551. The highest BCUT2D eigenvalue weighted by molar-refractivity contribution is 5.89. The van der Waals surface area contributed by atoms with E-state index >= 15 is 0 Å². The van der Waals surface area contributed by atoms with Gasteiger partial charge in [-0.2, -0.15) is 0 Å². The molecule has 0 radical (unpaired) electrons. The summed E-state index contributed by atoms with van der Waals surface area (Å²) in [6.07, 6.45) is 1.40. The van der Waals surface area contributed by atoms with Gasteiger partial charge in [0.25, 0.3) is 0 Å². The number of rotatable bonds is 4. The van der Waals surface area contributed by atoms with Crippen LogP contribution in [0.1, 0.15) is 49.5 Å². The molecule has 0 aromatic heterocycles. The van der Waals surface area contributed by atoms with E-state index in [0.717, 1.165) is 25.2 Å². The highest BCUT2D eigenvalue weighted by Gasteiger charge is 2.24. The van der Waals surface area contributed by atoms with E-state index in [1.165, 1.54) is 0 Å². The standard InChI is InChI=1S/C18H25NO4/c1-18(2,3)23-17(22)15-6-4-13(5-7-15)12-19-10-8-14(9-11-19)16(20)21/h4-7,14H,8-12H2,1-3H3,(H,20,21). The van der Waals surface area contributed by atoms with Gasteiger partial charge < -0.3 is 9.84 Å². The molecule has 1 fully saturated rings. The molecular formula is C18H25NO4. The van der Waals surface area contributed by atoms with E-state index in [4.69, 9.17) is 9.84 Å². The van der Waals surface area contributed by atoms with E-state index < -0.39 is 11.6 Å². The van der Waals surface area contributed by atoms with E-state index in [1.807, 2.05) is 32.9 Å². The van der Waals surface area contributed by atoms with Gasteiger partial charge in [-0.3, -0.25) is 9.69 Å². The van der Waals surface area contributed by atoms with Gasteiger partial charge in [0.15, 0.2) is 0 Å². The zero-order chi connectivity index (χ0) is 17.0. The largest absolute Gasteiger partial charge is 0.481 e. The van der Waals surface area contributed by atoms with Crippen molar-refractivity contribution in [3.05, 3.63) is 35.4 Å². The molecule has 1 saturated heterocycles. The van der Waals surface area contributed by atoms with Crippen LogP contribution in [0.15, 0.2) is 24.3 Å². The third-order valence-corrected chi connectivity index (χ3v) is 3.93. The number of aliphatic carboxylic acids is 1. The summed E-state index contributed by atoms with van der Waals surface area (Å²) >= 11 is 0. The average molecular weight is 319 g/mol. The summed E-state index contributed by atoms with van der Waals surface area (Å²) in [7, 11) is 0. The molecule has 2 rings (SSSR count). The number of esters is 1. The number of hydrogen-bond donors (Lipinski definition) is 1. The summed E-state index contributed by atoms with van der Waals surface area (Å²) in [5.74, 6) is -1.21. The van der Waals surface area contributed by atoms with Crippen molar-refractivity contribution in [2.24, 2.45) is 5.92 Å². The van der Waals surface area contributed by atoms with Gasteiger partial charge in [0.2, 0.25) is 0 Å². The van der Waals surface area contributed by atoms with Crippen molar-refractivity contribution in [3.8, 4) is 0 Å². The lowest BCUT2D eigenvalue weighted by molar-refractivity contribution is -0.143. The number of benzene rings is 1. The number of carboxylic acids is 1. The predicted molar refractivity (Wildman–Crippen MR) is 87.2 cm³/mol. The molecule has 1 heterocycles. The van der Waals surface area contributed by atoms with Crippen molar-refractivity contribution in [2.45, 2.75) is 45.8 Å². The normalized spacial score (nSPS) is 17.0. The lowest BCUT2D eigenvalue weighted by Gasteiger charge is -2.30. The Hall–Kier alpha value is -1.88. The Morgan fingerprint density at radius 3 is 2.22 bits per heavy atom. The van der Waals surface area contributed by atoms with Gasteiger partial charge in [0.05, 0.1) is 11.5 Å². The molecule has 126 valence electrons. The Morgan fingerprint density at radius 2 is 1.74 bits per heavy atom. The quantitative estimate of drug-likeness (QED) is 0.864. The maximum atomic E-state index is 12.0. The molecule has 5 heteroatoms. The monoisotopic (exact) mass is 319 g/mol. The first kappa shape index (κ1) is 17.5. The number of ether oxygens (including phenoxy) is 1. The zero-order valence-electron chi connectivity index (χ0n) is 14.0. The fourth-order valence-electron chi connectivity index (χ4n) is 2.68. The minimum absolute atomic E-state index is 0.208. The van der Waals surface area contributed by atoms with Crippen LogP contribution < -0.4 is 0 Å². The van der Waals surface area contributed by atoms with E-state index in [1.54, 1.807) is 12.1 Å². The third-order valence-electron chi connectivity index (χ3n) is 3.93. The number of carbonyl (C=O) groups is 2. The molecule has 0 unspecified atom stereocenters. The Kier molecular flexibility index (Phi) is 5.42. The fraction of sp³-hybridized carbons (Fsp3) is 0.556. The van der Waals surface area contributed by atoms with Gasteiger partial charge >= 0.3 is 11.9 Å². The minimum atomic E-state index is -0.689. The molecule has 0 saturated carbocycles. The molecule has 1 aliphatic rings. The first-order valence-corrected chi connectivity index (χ1v) is 8.02. The van der Waals surface area contributed by atoms with Crippen LogP contribution >= 0.6 is 0 Å². The molecule has 0 bridgehead atoms. The molecule has 5 nitrogen and oxygen atoms in total. The van der Waals surface area contributed by atoms with Crippen LogP contribution in [0.2, 0.25) is 0 Å². The molecule has 1 N–H and O–H groups in total. The third kappa shape index (κ3) is 5.36. The summed E-state index contributed by atoms with van der Waals surface area (Å²) in [6.45, 7) is 7.91. The molecular weight excluding hydrogens is 294 g/mol. The number of carboxylic acid groups (broad SMARTS) is 1. The fourth-order valence-corrected chi connectivity index (χ4v) is 2.68. The topological polar surface area (TPSA) is 66.8 Å². The first-order chi connectivity index (χ1) is 10.7. The molecule has 0 aliphatic carbocycles. The van der Waals surface area contributed by atoms with Crippen molar-refractivity contribution in [1.82, 2.24) is 4.90 Å². The lowest BCUT2D eigenvalue weighted by atomic mass is 9.97. The summed E-state index contributed by atoms with van der Waals surface area (Å²) < 4.78 is 5.34. The number of likely N-dealkylation sites (tertiary alicyclic amines) is 1. The number of carbonyl (C=O) groups excluding carboxylic acids is 1. The Balaban J connectivity index is 1.88. The van der Waals surface area contributed by atoms with Crippen LogP contribution in [0.25, 0.3) is 0 Å². The summed E-state index contributed by atoms with van der Waals surface area (Å²) in [5.41, 5.74) is 1.17. The smallest absolute Gasteiger partial charge is 0.338 e. The molecule has 0 atom stereocenters. The maximum Gasteiger partial charge on any atom is 0.338 e. The SMILES string of the molecule is CC(C)(C)OC(=O)c1ccc(CN2CCC(C(=O)O)CC2)cc1. The van der Waals surface area contributed by atoms with Gasteiger partial charge in [-0.05, 0) is 64.4 Å². The Labute approximate surface area is 137 Å². The maximum absolute atomic E-state index is 12.0. The molecule has 1 aliphatic heterocycles. The second-order valence-corrected chi connectivity index (χ2v) is 7.09. The molecule has 0 amide bonds. The van der Waals surface area contributed by atoms with Crippen LogP contribution in [-0.4, -0.2) is 40.6 Å². The van der Waals surface area contributed by atoms with Crippen molar-refractivity contribution in [3.63, 3.8) is 0 Å². The summed E-state index contributed by atoms with van der Waals surface area (Å²) in [5, 5.41) is 9.02. The van der Waals surface area contributed by atoms with Gasteiger partial charge in [0, 0.05) is 6.54 Å². The van der Waals surface area contributed by atoms with Crippen LogP contribution in [0.4, 0.5) is 0 Å². The van der Waals surface area contributed by atoms with E-state index in [9.17, 15) is 9.59 Å². The average Bonchev–Trinajstić information content (AvgIpc) is 2.46. The second-order valence-electron chi connectivity index (χ2n) is 7.09.